The van der Waals surface area contributed by atoms with Crippen molar-refractivity contribution in [3.8, 4) is 0 Å². The van der Waals surface area contributed by atoms with E-state index in [1.54, 1.807) is 18.4 Å². The van der Waals surface area contributed by atoms with Gasteiger partial charge in [-0.15, -0.1) is 11.3 Å². The zero-order valence-corrected chi connectivity index (χ0v) is 12.8. The number of carbonyl (C=O) groups excluding carboxylic acids is 1. The van der Waals surface area contributed by atoms with E-state index >= 15 is 0 Å². The van der Waals surface area contributed by atoms with Crippen LogP contribution < -0.4 is 10.6 Å². The number of hydrogen-bond acceptors (Lipinski definition) is 4. The summed E-state index contributed by atoms with van der Waals surface area (Å²) in [4.78, 5) is 13.1. The van der Waals surface area contributed by atoms with Crippen LogP contribution in [0.5, 0.6) is 0 Å². The Morgan fingerprint density at radius 3 is 3.00 bits per heavy atom. The molecule has 1 atom stereocenters. The maximum Gasteiger partial charge on any atom is 0.236 e. The van der Waals surface area contributed by atoms with Crippen LogP contribution in [0.4, 0.5) is 0 Å². The molecule has 0 aliphatic carbocycles. The van der Waals surface area contributed by atoms with Crippen LogP contribution in [0.25, 0.3) is 0 Å². The van der Waals surface area contributed by atoms with E-state index < -0.39 is 0 Å². The Kier molecular flexibility index (Phi) is 7.70. The normalized spacial score (nSPS) is 12.4. The number of carbonyl (C=O) groups is 1. The van der Waals surface area contributed by atoms with E-state index in [0.29, 0.717) is 13.2 Å². The minimum absolute atomic E-state index is 0.0470. The largest absolute Gasteiger partial charge is 0.385 e. The van der Waals surface area contributed by atoms with Gasteiger partial charge in [-0.1, -0.05) is 6.92 Å². The monoisotopic (exact) mass is 284 g/mol. The average Bonchev–Trinajstić information content (AvgIpc) is 2.88. The fraction of sp³-hybridized carbons (Fsp3) is 0.643. The number of aryl methyl sites for hydroxylation is 1. The van der Waals surface area contributed by atoms with E-state index in [2.05, 4.69) is 29.0 Å². The third-order valence-corrected chi connectivity index (χ3v) is 3.97. The van der Waals surface area contributed by atoms with Crippen molar-refractivity contribution in [1.82, 2.24) is 10.6 Å². The Bertz CT molecular complexity index is 379. The summed E-state index contributed by atoms with van der Waals surface area (Å²) in [6.45, 7) is 6.14. The standard InChI is InChI=1S/C14H24N2O2S/c1-4-12-6-9-19-13(12)10-16-11(2)14(17)15-7-5-8-18-3/h6,9,11,16H,4-5,7-8,10H2,1-3H3,(H,15,17). The summed E-state index contributed by atoms with van der Waals surface area (Å²) in [6, 6.07) is 1.98. The number of amides is 1. The average molecular weight is 284 g/mol. The molecule has 0 aromatic carbocycles. The van der Waals surface area contributed by atoms with Gasteiger partial charge in [0.15, 0.2) is 0 Å². The van der Waals surface area contributed by atoms with Gasteiger partial charge in [0.2, 0.25) is 5.91 Å². The first kappa shape index (κ1) is 16.1. The van der Waals surface area contributed by atoms with E-state index in [1.807, 2.05) is 6.92 Å². The van der Waals surface area contributed by atoms with Gasteiger partial charge in [0.1, 0.15) is 0 Å². The first-order chi connectivity index (χ1) is 9.19. The van der Waals surface area contributed by atoms with Crippen LogP contribution in [0.3, 0.4) is 0 Å². The van der Waals surface area contributed by atoms with Crippen molar-refractivity contribution in [2.45, 2.75) is 39.3 Å². The second-order valence-electron chi connectivity index (χ2n) is 4.46. The van der Waals surface area contributed by atoms with Crippen molar-refractivity contribution >= 4 is 17.2 Å². The zero-order chi connectivity index (χ0) is 14.1. The molecule has 1 aromatic rings. The predicted octanol–water partition coefficient (Wildman–Crippen LogP) is 1.94. The predicted molar refractivity (Wildman–Crippen MR) is 79.5 cm³/mol. The molecule has 1 rings (SSSR count). The van der Waals surface area contributed by atoms with Crippen molar-refractivity contribution < 1.29 is 9.53 Å². The summed E-state index contributed by atoms with van der Waals surface area (Å²) in [6.07, 6.45) is 1.89. The quantitative estimate of drug-likeness (QED) is 0.681. The smallest absolute Gasteiger partial charge is 0.236 e. The highest BCUT2D eigenvalue weighted by molar-refractivity contribution is 7.10. The lowest BCUT2D eigenvalue weighted by molar-refractivity contribution is -0.122. The zero-order valence-electron chi connectivity index (χ0n) is 12.0. The van der Waals surface area contributed by atoms with E-state index in [0.717, 1.165) is 19.4 Å². The molecule has 0 aliphatic rings. The molecule has 108 valence electrons. The Morgan fingerprint density at radius 2 is 2.32 bits per heavy atom. The van der Waals surface area contributed by atoms with Crippen molar-refractivity contribution in [2.75, 3.05) is 20.3 Å². The summed E-state index contributed by atoms with van der Waals surface area (Å²) < 4.78 is 4.94. The minimum atomic E-state index is -0.172. The van der Waals surface area contributed by atoms with Crippen molar-refractivity contribution in [2.24, 2.45) is 0 Å². The minimum Gasteiger partial charge on any atom is -0.385 e. The number of thiophene rings is 1. The molecule has 0 saturated carbocycles. The van der Waals surface area contributed by atoms with Crippen LogP contribution in [-0.2, 0) is 22.5 Å². The molecule has 0 spiro atoms. The molecule has 0 bridgehead atoms. The van der Waals surface area contributed by atoms with Gasteiger partial charge in [-0.25, -0.2) is 0 Å². The van der Waals surface area contributed by atoms with Gasteiger partial charge in [-0.3, -0.25) is 4.79 Å². The first-order valence-corrected chi connectivity index (χ1v) is 7.62. The van der Waals surface area contributed by atoms with Crippen LogP contribution >= 0.6 is 11.3 Å². The highest BCUT2D eigenvalue weighted by Gasteiger charge is 2.12. The molecule has 1 amide bonds. The second kappa shape index (κ2) is 9.07. The topological polar surface area (TPSA) is 50.4 Å². The molecule has 2 N–H and O–H groups in total. The van der Waals surface area contributed by atoms with E-state index in [1.165, 1.54) is 10.4 Å². The number of rotatable bonds is 9. The van der Waals surface area contributed by atoms with E-state index in [-0.39, 0.29) is 11.9 Å². The lowest BCUT2D eigenvalue weighted by atomic mass is 10.2. The fourth-order valence-electron chi connectivity index (χ4n) is 1.76. The molecule has 19 heavy (non-hydrogen) atoms. The lowest BCUT2D eigenvalue weighted by Gasteiger charge is -2.14. The number of ether oxygens (including phenoxy) is 1. The second-order valence-corrected chi connectivity index (χ2v) is 5.46. The van der Waals surface area contributed by atoms with Crippen LogP contribution in [0.15, 0.2) is 11.4 Å². The van der Waals surface area contributed by atoms with Gasteiger partial charge in [0.05, 0.1) is 6.04 Å². The molecule has 0 fully saturated rings. The van der Waals surface area contributed by atoms with Crippen LogP contribution in [0.2, 0.25) is 0 Å². The van der Waals surface area contributed by atoms with Crippen LogP contribution in [-0.4, -0.2) is 32.2 Å². The molecule has 0 radical (unpaired) electrons. The molecule has 5 heteroatoms. The maximum atomic E-state index is 11.8. The van der Waals surface area contributed by atoms with Crippen molar-refractivity contribution in [3.63, 3.8) is 0 Å². The van der Waals surface area contributed by atoms with Crippen molar-refractivity contribution in [3.05, 3.63) is 21.9 Å². The van der Waals surface area contributed by atoms with Gasteiger partial charge in [0, 0.05) is 31.7 Å². The SMILES string of the molecule is CCc1ccsc1CNC(C)C(=O)NCCCOC. The van der Waals surface area contributed by atoms with Gasteiger partial charge in [0.25, 0.3) is 0 Å². The van der Waals surface area contributed by atoms with E-state index in [9.17, 15) is 4.79 Å². The molecule has 1 unspecified atom stereocenters. The van der Waals surface area contributed by atoms with Gasteiger partial charge in [-0.2, -0.15) is 0 Å². The third-order valence-electron chi connectivity index (χ3n) is 3.01. The van der Waals surface area contributed by atoms with Gasteiger partial charge >= 0.3 is 0 Å². The molecule has 4 nitrogen and oxygen atoms in total. The summed E-state index contributed by atoms with van der Waals surface area (Å²) >= 11 is 1.74. The fourth-order valence-corrected chi connectivity index (χ4v) is 2.68. The summed E-state index contributed by atoms with van der Waals surface area (Å²) in [5.41, 5.74) is 1.37. The summed E-state index contributed by atoms with van der Waals surface area (Å²) in [7, 11) is 1.67. The molecule has 0 saturated heterocycles. The summed E-state index contributed by atoms with van der Waals surface area (Å²) in [5, 5.41) is 8.27. The van der Waals surface area contributed by atoms with Crippen molar-refractivity contribution in [1.29, 1.82) is 0 Å². The number of methoxy groups -OCH3 is 1. The van der Waals surface area contributed by atoms with Crippen LogP contribution in [0.1, 0.15) is 30.7 Å². The first-order valence-electron chi connectivity index (χ1n) is 6.74. The molecular weight excluding hydrogens is 260 g/mol. The highest BCUT2D eigenvalue weighted by Crippen LogP contribution is 2.16. The van der Waals surface area contributed by atoms with Gasteiger partial charge in [-0.05, 0) is 36.8 Å². The molecule has 1 heterocycles. The Morgan fingerprint density at radius 1 is 1.53 bits per heavy atom. The maximum absolute atomic E-state index is 11.8. The molecule has 0 aliphatic heterocycles. The Hall–Kier alpha value is -0.910. The Labute approximate surface area is 119 Å². The summed E-state index contributed by atoms with van der Waals surface area (Å²) in [5.74, 6) is 0.0470. The van der Waals surface area contributed by atoms with Gasteiger partial charge < -0.3 is 15.4 Å². The Balaban J connectivity index is 2.26. The highest BCUT2D eigenvalue weighted by atomic mass is 32.1. The molecular formula is C14H24N2O2S. The van der Waals surface area contributed by atoms with E-state index in [4.69, 9.17) is 4.74 Å². The number of nitrogens with one attached hydrogen (secondary N) is 2. The molecule has 1 aromatic heterocycles. The van der Waals surface area contributed by atoms with Crippen LogP contribution in [0, 0.1) is 0 Å². The number of hydrogen-bond donors (Lipinski definition) is 2. The third kappa shape index (κ3) is 5.72. The lowest BCUT2D eigenvalue weighted by Crippen LogP contribution is -2.42.